The molecule has 2 N–H and O–H groups in total. The first-order chi connectivity index (χ1) is 8.45. The fourth-order valence-electron chi connectivity index (χ4n) is 2.19. The van der Waals surface area contributed by atoms with E-state index in [1.807, 2.05) is 12.4 Å². The van der Waals surface area contributed by atoms with Gasteiger partial charge < -0.3 is 10.4 Å². The summed E-state index contributed by atoms with van der Waals surface area (Å²) in [5.74, 6) is 0.699. The van der Waals surface area contributed by atoms with Crippen LogP contribution in [0.3, 0.4) is 0 Å². The molecule has 1 heterocycles. The van der Waals surface area contributed by atoms with Crippen LogP contribution >= 0.6 is 0 Å². The van der Waals surface area contributed by atoms with Crippen LogP contribution < -0.4 is 5.32 Å². The summed E-state index contributed by atoms with van der Waals surface area (Å²) >= 11 is 0. The second-order valence-corrected chi connectivity index (χ2v) is 6.20. The molecule has 0 bridgehead atoms. The van der Waals surface area contributed by atoms with Gasteiger partial charge in [-0.05, 0) is 36.7 Å². The van der Waals surface area contributed by atoms with Crippen LogP contribution in [0.2, 0.25) is 0 Å². The number of aliphatic hydroxyl groups is 1. The Hall–Kier alpha value is -1.16. The van der Waals surface area contributed by atoms with Gasteiger partial charge >= 0.3 is 0 Å². The Morgan fingerprint density at radius 3 is 2.17 bits per heavy atom. The second-order valence-electron chi connectivity index (χ2n) is 6.20. The normalized spacial score (nSPS) is 24.9. The van der Waals surface area contributed by atoms with Crippen molar-refractivity contribution < 1.29 is 5.11 Å². The van der Waals surface area contributed by atoms with Gasteiger partial charge in [0.05, 0.1) is 6.10 Å². The van der Waals surface area contributed by atoms with Crippen LogP contribution in [0.15, 0.2) is 12.4 Å². The second kappa shape index (κ2) is 5.22. The van der Waals surface area contributed by atoms with Gasteiger partial charge in [0, 0.05) is 18.4 Å². The number of aromatic nitrogens is 2. The Balaban J connectivity index is 1.94. The standard InChI is InChI=1S/C14H23N3O/c1-14(2,3)10-8-15-13(16-9-10)17-11-4-6-12(18)7-5-11/h8-9,11-12,18H,4-7H2,1-3H3,(H,15,16,17). The first-order valence-electron chi connectivity index (χ1n) is 6.72. The maximum atomic E-state index is 9.46. The van der Waals surface area contributed by atoms with Gasteiger partial charge in [-0.3, -0.25) is 0 Å². The van der Waals surface area contributed by atoms with Crippen LogP contribution in [-0.4, -0.2) is 27.2 Å². The molecular weight excluding hydrogens is 226 g/mol. The van der Waals surface area contributed by atoms with E-state index in [2.05, 4.69) is 36.1 Å². The van der Waals surface area contributed by atoms with E-state index in [1.54, 1.807) is 0 Å². The van der Waals surface area contributed by atoms with E-state index < -0.39 is 0 Å². The third-order valence-electron chi connectivity index (χ3n) is 3.55. The number of anilines is 1. The number of nitrogens with zero attached hydrogens (tertiary/aromatic N) is 2. The van der Waals surface area contributed by atoms with Crippen molar-refractivity contribution in [3.8, 4) is 0 Å². The SMILES string of the molecule is CC(C)(C)c1cnc(NC2CCC(O)CC2)nc1. The lowest BCUT2D eigenvalue weighted by Gasteiger charge is -2.26. The zero-order valence-corrected chi connectivity index (χ0v) is 11.5. The fourth-order valence-corrected chi connectivity index (χ4v) is 2.19. The van der Waals surface area contributed by atoms with Gasteiger partial charge in [-0.1, -0.05) is 20.8 Å². The van der Waals surface area contributed by atoms with Crippen LogP contribution in [0.25, 0.3) is 0 Å². The summed E-state index contributed by atoms with van der Waals surface area (Å²) in [5.41, 5.74) is 1.24. The number of hydrogen-bond acceptors (Lipinski definition) is 4. The molecule has 2 rings (SSSR count). The summed E-state index contributed by atoms with van der Waals surface area (Å²) < 4.78 is 0. The highest BCUT2D eigenvalue weighted by atomic mass is 16.3. The minimum atomic E-state index is -0.118. The molecule has 0 amide bonds. The molecule has 0 saturated heterocycles. The number of hydrogen-bond donors (Lipinski definition) is 2. The lowest BCUT2D eigenvalue weighted by atomic mass is 9.89. The highest BCUT2D eigenvalue weighted by molar-refractivity contribution is 5.28. The predicted octanol–water partition coefficient (Wildman–Crippen LogP) is 2.49. The molecule has 1 aliphatic rings. The largest absolute Gasteiger partial charge is 0.393 e. The topological polar surface area (TPSA) is 58.0 Å². The summed E-state index contributed by atoms with van der Waals surface area (Å²) in [6.45, 7) is 6.46. The summed E-state index contributed by atoms with van der Waals surface area (Å²) in [6.07, 6.45) is 7.40. The molecule has 0 aromatic carbocycles. The third kappa shape index (κ3) is 3.42. The average Bonchev–Trinajstić information content (AvgIpc) is 2.32. The monoisotopic (exact) mass is 249 g/mol. The van der Waals surface area contributed by atoms with Gasteiger partial charge in [0.25, 0.3) is 0 Å². The van der Waals surface area contributed by atoms with Crippen LogP contribution in [0, 0.1) is 0 Å². The molecule has 4 nitrogen and oxygen atoms in total. The molecule has 0 aliphatic heterocycles. The summed E-state index contributed by atoms with van der Waals surface area (Å²) in [5, 5.41) is 12.8. The lowest BCUT2D eigenvalue weighted by Crippen LogP contribution is -2.29. The van der Waals surface area contributed by atoms with E-state index >= 15 is 0 Å². The Labute approximate surface area is 109 Å². The van der Waals surface area contributed by atoms with Gasteiger partial charge in [0.2, 0.25) is 5.95 Å². The van der Waals surface area contributed by atoms with Crippen molar-refractivity contribution in [1.29, 1.82) is 0 Å². The molecule has 0 radical (unpaired) electrons. The number of nitrogens with one attached hydrogen (secondary N) is 1. The van der Waals surface area contributed by atoms with Crippen LogP contribution in [0.5, 0.6) is 0 Å². The Kier molecular flexibility index (Phi) is 3.85. The molecule has 0 spiro atoms. The molecule has 18 heavy (non-hydrogen) atoms. The highest BCUT2D eigenvalue weighted by Gasteiger charge is 2.20. The van der Waals surface area contributed by atoms with Crippen molar-refractivity contribution in [2.45, 2.75) is 64.0 Å². The van der Waals surface area contributed by atoms with Gasteiger partial charge in [-0.25, -0.2) is 9.97 Å². The average molecular weight is 249 g/mol. The summed E-state index contributed by atoms with van der Waals surface area (Å²) in [4.78, 5) is 8.75. The van der Waals surface area contributed by atoms with Crippen molar-refractivity contribution in [2.75, 3.05) is 5.32 Å². The Morgan fingerprint density at radius 1 is 1.11 bits per heavy atom. The van der Waals surface area contributed by atoms with Crippen molar-refractivity contribution >= 4 is 5.95 Å². The van der Waals surface area contributed by atoms with E-state index in [0.717, 1.165) is 31.2 Å². The third-order valence-corrected chi connectivity index (χ3v) is 3.55. The van der Waals surface area contributed by atoms with Crippen molar-refractivity contribution in [3.63, 3.8) is 0 Å². The minimum absolute atomic E-state index is 0.0908. The molecule has 1 fully saturated rings. The van der Waals surface area contributed by atoms with E-state index in [9.17, 15) is 5.11 Å². The molecule has 1 aromatic rings. The smallest absolute Gasteiger partial charge is 0.222 e. The molecule has 100 valence electrons. The first-order valence-corrected chi connectivity index (χ1v) is 6.72. The van der Waals surface area contributed by atoms with Gasteiger partial charge in [-0.15, -0.1) is 0 Å². The quantitative estimate of drug-likeness (QED) is 0.845. The van der Waals surface area contributed by atoms with Gasteiger partial charge in [0.15, 0.2) is 0 Å². The number of aliphatic hydroxyl groups excluding tert-OH is 1. The summed E-state index contributed by atoms with van der Waals surface area (Å²) in [7, 11) is 0. The fraction of sp³-hybridized carbons (Fsp3) is 0.714. The van der Waals surface area contributed by atoms with Gasteiger partial charge in [-0.2, -0.15) is 0 Å². The van der Waals surface area contributed by atoms with E-state index in [1.165, 1.54) is 0 Å². The van der Waals surface area contributed by atoms with E-state index in [-0.39, 0.29) is 11.5 Å². The predicted molar refractivity (Wildman–Crippen MR) is 72.6 cm³/mol. The van der Waals surface area contributed by atoms with Crippen LogP contribution in [0.4, 0.5) is 5.95 Å². The molecule has 1 aliphatic carbocycles. The van der Waals surface area contributed by atoms with Gasteiger partial charge in [0.1, 0.15) is 0 Å². The zero-order valence-electron chi connectivity index (χ0n) is 11.5. The zero-order chi connectivity index (χ0) is 13.2. The molecule has 1 aromatic heterocycles. The van der Waals surface area contributed by atoms with Crippen molar-refractivity contribution in [1.82, 2.24) is 9.97 Å². The minimum Gasteiger partial charge on any atom is -0.393 e. The molecule has 1 saturated carbocycles. The Morgan fingerprint density at radius 2 is 1.67 bits per heavy atom. The highest BCUT2D eigenvalue weighted by Crippen LogP contribution is 2.23. The molecule has 0 unspecified atom stereocenters. The lowest BCUT2D eigenvalue weighted by molar-refractivity contribution is 0.126. The van der Waals surface area contributed by atoms with Crippen molar-refractivity contribution in [3.05, 3.63) is 18.0 Å². The molecular formula is C14H23N3O. The van der Waals surface area contributed by atoms with Crippen LogP contribution in [0.1, 0.15) is 52.0 Å². The molecule has 0 atom stereocenters. The van der Waals surface area contributed by atoms with Crippen molar-refractivity contribution in [2.24, 2.45) is 0 Å². The first kappa shape index (κ1) is 13.3. The summed E-state index contributed by atoms with van der Waals surface area (Å²) in [6, 6.07) is 0.397. The Bertz CT molecular complexity index is 375. The molecule has 4 heteroatoms. The maximum absolute atomic E-state index is 9.46. The maximum Gasteiger partial charge on any atom is 0.222 e. The number of rotatable bonds is 2. The van der Waals surface area contributed by atoms with E-state index in [4.69, 9.17) is 0 Å². The van der Waals surface area contributed by atoms with E-state index in [0.29, 0.717) is 12.0 Å². The van der Waals surface area contributed by atoms with Crippen LogP contribution in [-0.2, 0) is 5.41 Å².